The number of halogens is 3. The van der Waals surface area contributed by atoms with Crippen molar-refractivity contribution in [2.75, 3.05) is 51.0 Å². The van der Waals surface area contributed by atoms with Crippen LogP contribution in [0.15, 0.2) is 24.4 Å². The molecular formula is C35H40F3N5O6. The number of nitrogens with one attached hydrogen (secondary N) is 1. The van der Waals surface area contributed by atoms with Gasteiger partial charge < -0.3 is 29.5 Å². The minimum atomic E-state index is -4.98. The van der Waals surface area contributed by atoms with Crippen LogP contribution in [0.4, 0.5) is 24.8 Å². The van der Waals surface area contributed by atoms with Crippen molar-refractivity contribution in [3.63, 3.8) is 0 Å². The van der Waals surface area contributed by atoms with Crippen LogP contribution >= 0.6 is 0 Å². The van der Waals surface area contributed by atoms with Crippen LogP contribution in [0.25, 0.3) is 0 Å². The molecule has 3 saturated heterocycles. The molecule has 0 atom stereocenters. The number of fused-ring (bicyclic) bond motifs is 2. The molecular weight excluding hydrogens is 643 g/mol. The van der Waals surface area contributed by atoms with E-state index in [2.05, 4.69) is 20.2 Å². The van der Waals surface area contributed by atoms with Gasteiger partial charge >= 0.3 is 12.1 Å². The number of nitrogens with zero attached hydrogens (tertiary/aromatic N) is 4. The van der Waals surface area contributed by atoms with Crippen LogP contribution in [-0.2, 0) is 25.9 Å². The molecule has 262 valence electrons. The molecule has 1 amide bonds. The molecule has 11 nitrogen and oxygen atoms in total. The maximum Gasteiger partial charge on any atom is 0.434 e. The Balaban J connectivity index is 1.01. The summed E-state index contributed by atoms with van der Waals surface area (Å²) in [6.07, 6.45) is 1.01. The fourth-order valence-corrected chi connectivity index (χ4v) is 10.2. The fourth-order valence-electron chi connectivity index (χ4n) is 10.2. The van der Waals surface area contributed by atoms with Gasteiger partial charge in [0, 0.05) is 50.1 Å². The predicted octanol–water partition coefficient (Wildman–Crippen LogP) is 4.17. The number of alkyl halides is 3. The zero-order valence-electron chi connectivity index (χ0n) is 27.1. The molecule has 49 heavy (non-hydrogen) atoms. The first-order valence-electron chi connectivity index (χ1n) is 17.5. The summed E-state index contributed by atoms with van der Waals surface area (Å²) < 4.78 is 61.4. The van der Waals surface area contributed by atoms with Crippen molar-refractivity contribution in [3.05, 3.63) is 41.2 Å². The number of amides is 1. The Morgan fingerprint density at radius 1 is 1.00 bits per heavy atom. The van der Waals surface area contributed by atoms with Gasteiger partial charge in [0.25, 0.3) is 5.91 Å². The summed E-state index contributed by atoms with van der Waals surface area (Å²) in [6, 6.07) is 6.14. The van der Waals surface area contributed by atoms with Crippen LogP contribution < -0.4 is 15.0 Å². The van der Waals surface area contributed by atoms with Crippen molar-refractivity contribution < 1.29 is 42.1 Å². The molecule has 7 fully saturated rings. The number of aliphatic carboxylic acids is 1. The molecule has 4 aliphatic carbocycles. The van der Waals surface area contributed by atoms with Crippen molar-refractivity contribution in [2.45, 2.75) is 74.2 Å². The van der Waals surface area contributed by atoms with Crippen molar-refractivity contribution in [1.29, 1.82) is 0 Å². The maximum atomic E-state index is 14.7. The molecule has 8 aliphatic rings. The van der Waals surface area contributed by atoms with E-state index in [4.69, 9.17) is 14.2 Å². The highest BCUT2D eigenvalue weighted by atomic mass is 19.4. The van der Waals surface area contributed by atoms with E-state index in [-0.39, 0.29) is 23.9 Å². The van der Waals surface area contributed by atoms with Crippen molar-refractivity contribution in [2.24, 2.45) is 23.7 Å². The van der Waals surface area contributed by atoms with Gasteiger partial charge in [-0.1, -0.05) is 0 Å². The zero-order chi connectivity index (χ0) is 33.7. The molecule has 2 aromatic rings. The summed E-state index contributed by atoms with van der Waals surface area (Å²) in [5.74, 6) is -1.55. The zero-order valence-corrected chi connectivity index (χ0v) is 27.1. The van der Waals surface area contributed by atoms with E-state index in [1.807, 2.05) is 18.2 Å². The SMILES string of the molecule is O=C(NC1(C(=O)O)C2CC3CC(C2)CC1C3)c1cnc(N2CC3(CCOCC3)c3cc(OC4CN(C5COC5)C4)ccc32)nc1C(F)(F)F. The molecule has 0 unspecified atom stereocenters. The Hall–Kier alpha value is -3.49. The summed E-state index contributed by atoms with van der Waals surface area (Å²) in [5.41, 5.74) is -2.48. The predicted molar refractivity (Wildman–Crippen MR) is 168 cm³/mol. The van der Waals surface area contributed by atoms with Gasteiger partial charge in [-0.2, -0.15) is 13.2 Å². The van der Waals surface area contributed by atoms with Crippen molar-refractivity contribution >= 4 is 23.5 Å². The molecule has 2 N–H and O–H groups in total. The lowest BCUT2D eigenvalue weighted by atomic mass is 9.48. The maximum absolute atomic E-state index is 14.7. The van der Waals surface area contributed by atoms with Gasteiger partial charge in [0.1, 0.15) is 17.4 Å². The molecule has 1 aromatic carbocycles. The standard InChI is InChI=1S/C35H40F3N5O6/c36-35(37,38)29-26(30(44)41-34(31(45)46)21-8-19-7-20(10-21)11-22(34)9-19)13-39-32(40-29)43-18-33(3-5-47-6-4-33)27-12-24(1-2-28(27)43)49-25-14-42(15-25)23-16-48-17-23/h1-2,12-13,19-23,25H,3-11,14-18H2,(H,41,44)(H,45,46). The van der Waals surface area contributed by atoms with Gasteiger partial charge in [0.15, 0.2) is 5.69 Å². The second-order valence-corrected chi connectivity index (χ2v) is 15.4. The van der Waals surface area contributed by atoms with Gasteiger partial charge in [-0.05, 0) is 92.4 Å². The van der Waals surface area contributed by atoms with Gasteiger partial charge in [-0.15, -0.1) is 0 Å². The number of carbonyl (C=O) groups excluding carboxylic acids is 1. The average Bonchev–Trinajstić information content (AvgIpc) is 3.32. The smallest absolute Gasteiger partial charge is 0.434 e. The summed E-state index contributed by atoms with van der Waals surface area (Å²) in [5, 5.41) is 13.1. The number of carboxylic acid groups (broad SMARTS) is 1. The lowest BCUT2D eigenvalue weighted by Gasteiger charge is -2.59. The summed E-state index contributed by atoms with van der Waals surface area (Å²) in [6.45, 7) is 4.52. The minimum Gasteiger partial charge on any atom is -0.488 e. The highest BCUT2D eigenvalue weighted by Gasteiger charge is 2.62. The minimum absolute atomic E-state index is 0.0531. The fraction of sp³-hybridized carbons (Fsp3) is 0.657. The third kappa shape index (κ3) is 5.03. The number of hydrogen-bond donors (Lipinski definition) is 2. The van der Waals surface area contributed by atoms with Gasteiger partial charge in [-0.25, -0.2) is 14.8 Å². The lowest BCUT2D eigenvalue weighted by Crippen LogP contribution is -2.70. The van der Waals surface area contributed by atoms with Gasteiger partial charge in [0.2, 0.25) is 5.95 Å². The molecule has 1 aromatic heterocycles. The molecule has 4 aliphatic heterocycles. The van der Waals surface area contributed by atoms with E-state index in [0.29, 0.717) is 87.6 Å². The molecule has 4 saturated carbocycles. The molecule has 14 heteroatoms. The normalized spacial score (nSPS) is 32.1. The van der Waals surface area contributed by atoms with Crippen LogP contribution in [-0.4, -0.2) is 95.6 Å². The average molecular weight is 684 g/mol. The molecule has 4 bridgehead atoms. The van der Waals surface area contributed by atoms with E-state index in [1.165, 1.54) is 0 Å². The first-order valence-corrected chi connectivity index (χ1v) is 17.5. The second-order valence-electron chi connectivity index (χ2n) is 15.4. The first kappa shape index (κ1) is 31.5. The van der Waals surface area contributed by atoms with Gasteiger partial charge in [0.05, 0.1) is 24.8 Å². The Labute approximate surface area is 281 Å². The number of aromatic nitrogens is 2. The van der Waals surface area contributed by atoms with Crippen LogP contribution in [0, 0.1) is 23.7 Å². The number of anilines is 2. The Kier molecular flexibility index (Phi) is 7.24. The van der Waals surface area contributed by atoms with Crippen LogP contribution in [0.2, 0.25) is 0 Å². The summed E-state index contributed by atoms with van der Waals surface area (Å²) in [7, 11) is 0. The Bertz CT molecular complexity index is 1640. The lowest BCUT2D eigenvalue weighted by molar-refractivity contribution is -0.163. The molecule has 5 heterocycles. The molecule has 0 radical (unpaired) electrons. The third-order valence-electron chi connectivity index (χ3n) is 12.7. The molecule has 1 spiro atoms. The van der Waals surface area contributed by atoms with Crippen LogP contribution in [0.5, 0.6) is 5.75 Å². The summed E-state index contributed by atoms with van der Waals surface area (Å²) in [4.78, 5) is 38.9. The number of ether oxygens (including phenoxy) is 3. The molecule has 10 rings (SSSR count). The number of carbonyl (C=O) groups is 2. The monoisotopic (exact) mass is 683 g/mol. The summed E-state index contributed by atoms with van der Waals surface area (Å²) >= 11 is 0. The highest BCUT2D eigenvalue weighted by molar-refractivity contribution is 5.99. The Morgan fingerprint density at radius 2 is 1.69 bits per heavy atom. The van der Waals surface area contributed by atoms with E-state index in [1.54, 1.807) is 4.90 Å². The largest absolute Gasteiger partial charge is 0.488 e. The Morgan fingerprint density at radius 3 is 2.31 bits per heavy atom. The van der Waals surface area contributed by atoms with E-state index in [0.717, 1.165) is 44.5 Å². The van der Waals surface area contributed by atoms with E-state index >= 15 is 0 Å². The van der Waals surface area contributed by atoms with E-state index < -0.39 is 40.3 Å². The van der Waals surface area contributed by atoms with Crippen molar-refractivity contribution in [3.8, 4) is 5.75 Å². The number of benzene rings is 1. The van der Waals surface area contributed by atoms with Crippen LogP contribution in [0.1, 0.15) is 66.6 Å². The third-order valence-corrected chi connectivity index (χ3v) is 12.7. The van der Waals surface area contributed by atoms with Crippen molar-refractivity contribution in [1.82, 2.24) is 20.2 Å². The highest BCUT2D eigenvalue weighted by Crippen LogP contribution is 2.58. The number of carboxylic acids is 1. The van der Waals surface area contributed by atoms with E-state index in [9.17, 15) is 27.9 Å². The second kappa shape index (κ2) is 11.3. The number of hydrogen-bond acceptors (Lipinski definition) is 9. The first-order chi connectivity index (χ1) is 23.5. The van der Waals surface area contributed by atoms with Crippen LogP contribution in [0.3, 0.4) is 0 Å². The number of likely N-dealkylation sites (tertiary alicyclic amines) is 1. The quantitative estimate of drug-likeness (QED) is 0.440. The van der Waals surface area contributed by atoms with Gasteiger partial charge in [-0.3, -0.25) is 9.69 Å². The topological polar surface area (TPSA) is 126 Å². The number of rotatable bonds is 7.